The van der Waals surface area contributed by atoms with Gasteiger partial charge in [-0.05, 0) is 38.7 Å². The van der Waals surface area contributed by atoms with Gasteiger partial charge in [0.15, 0.2) is 0 Å². The highest BCUT2D eigenvalue weighted by Crippen LogP contribution is 2.12. The first-order chi connectivity index (χ1) is 12.0. The van der Waals surface area contributed by atoms with Gasteiger partial charge in [0, 0.05) is 24.8 Å². The fourth-order valence-electron chi connectivity index (χ4n) is 2.29. The van der Waals surface area contributed by atoms with Gasteiger partial charge in [-0.2, -0.15) is 0 Å². The zero-order valence-corrected chi connectivity index (χ0v) is 14.8. The number of hydrogen-bond donors (Lipinski definition) is 2. The Kier molecular flexibility index (Phi) is 6.65. The van der Waals surface area contributed by atoms with E-state index in [4.69, 9.17) is 0 Å². The number of nitrogens with one attached hydrogen (secondary N) is 2. The topological polar surface area (TPSA) is 74.3 Å². The SMILES string of the molecule is CC(NC(=O)c1cc(C(=O)NCCN(C)C)ccn1)c1ccccc1. The molecule has 0 saturated heterocycles. The lowest BCUT2D eigenvalue weighted by molar-refractivity contribution is 0.0935. The summed E-state index contributed by atoms with van der Waals surface area (Å²) in [5.41, 5.74) is 1.66. The molecule has 0 fully saturated rings. The lowest BCUT2D eigenvalue weighted by Crippen LogP contribution is -2.32. The minimum absolute atomic E-state index is 0.145. The third-order valence-electron chi connectivity index (χ3n) is 3.75. The second-order valence-corrected chi connectivity index (χ2v) is 6.09. The molecule has 0 radical (unpaired) electrons. The summed E-state index contributed by atoms with van der Waals surface area (Å²) in [6.45, 7) is 3.20. The number of carbonyl (C=O) groups excluding carboxylic acids is 2. The largest absolute Gasteiger partial charge is 0.351 e. The van der Waals surface area contributed by atoms with E-state index in [1.165, 1.54) is 12.3 Å². The van der Waals surface area contributed by atoms with Crippen molar-refractivity contribution in [3.05, 3.63) is 65.5 Å². The molecule has 25 heavy (non-hydrogen) atoms. The highest BCUT2D eigenvalue weighted by atomic mass is 16.2. The molecule has 0 aliphatic carbocycles. The van der Waals surface area contributed by atoms with E-state index in [0.29, 0.717) is 12.1 Å². The van der Waals surface area contributed by atoms with E-state index >= 15 is 0 Å². The molecule has 2 N–H and O–H groups in total. The molecule has 0 saturated carbocycles. The number of nitrogens with zero attached hydrogens (tertiary/aromatic N) is 2. The number of benzene rings is 1. The van der Waals surface area contributed by atoms with Gasteiger partial charge in [0.25, 0.3) is 11.8 Å². The van der Waals surface area contributed by atoms with Crippen molar-refractivity contribution >= 4 is 11.8 Å². The molecule has 1 atom stereocenters. The number of hydrogen-bond acceptors (Lipinski definition) is 4. The number of carbonyl (C=O) groups is 2. The van der Waals surface area contributed by atoms with Crippen molar-refractivity contribution in [2.45, 2.75) is 13.0 Å². The molecule has 6 heteroatoms. The fourth-order valence-corrected chi connectivity index (χ4v) is 2.29. The number of rotatable bonds is 7. The van der Waals surface area contributed by atoms with Crippen molar-refractivity contribution in [2.24, 2.45) is 0 Å². The average Bonchev–Trinajstić information content (AvgIpc) is 2.62. The Morgan fingerprint density at radius 2 is 1.84 bits per heavy atom. The van der Waals surface area contributed by atoms with Crippen LogP contribution in [-0.2, 0) is 0 Å². The molecule has 0 spiro atoms. The molecule has 0 aliphatic rings. The Labute approximate surface area is 148 Å². The Morgan fingerprint density at radius 3 is 2.52 bits per heavy atom. The maximum Gasteiger partial charge on any atom is 0.270 e. The van der Waals surface area contributed by atoms with Crippen LogP contribution in [0.2, 0.25) is 0 Å². The second kappa shape index (κ2) is 8.94. The highest BCUT2D eigenvalue weighted by Gasteiger charge is 2.14. The molecular formula is C19H24N4O2. The number of pyridine rings is 1. The van der Waals surface area contributed by atoms with E-state index in [1.54, 1.807) is 6.07 Å². The van der Waals surface area contributed by atoms with Gasteiger partial charge in [-0.25, -0.2) is 0 Å². The summed E-state index contributed by atoms with van der Waals surface area (Å²) in [7, 11) is 3.88. The lowest BCUT2D eigenvalue weighted by Gasteiger charge is -2.14. The Bertz CT molecular complexity index is 716. The van der Waals surface area contributed by atoms with Crippen LogP contribution in [0.15, 0.2) is 48.7 Å². The van der Waals surface area contributed by atoms with Gasteiger partial charge in [-0.3, -0.25) is 14.6 Å². The van der Waals surface area contributed by atoms with E-state index in [1.807, 2.05) is 56.3 Å². The molecule has 2 rings (SSSR count). The van der Waals surface area contributed by atoms with Crippen molar-refractivity contribution in [1.82, 2.24) is 20.5 Å². The molecule has 1 aromatic carbocycles. The molecule has 0 aliphatic heterocycles. The Morgan fingerprint density at radius 1 is 1.12 bits per heavy atom. The zero-order chi connectivity index (χ0) is 18.2. The first kappa shape index (κ1) is 18.6. The maximum absolute atomic E-state index is 12.4. The van der Waals surface area contributed by atoms with Crippen LogP contribution in [0.1, 0.15) is 39.4 Å². The van der Waals surface area contributed by atoms with Crippen LogP contribution in [0.4, 0.5) is 0 Å². The van der Waals surface area contributed by atoms with E-state index in [0.717, 1.165) is 12.1 Å². The smallest absolute Gasteiger partial charge is 0.270 e. The summed E-state index contributed by atoms with van der Waals surface area (Å²) in [6.07, 6.45) is 1.48. The molecule has 1 aromatic heterocycles. The van der Waals surface area contributed by atoms with Crippen LogP contribution < -0.4 is 10.6 Å². The number of aromatic nitrogens is 1. The van der Waals surface area contributed by atoms with Crippen molar-refractivity contribution < 1.29 is 9.59 Å². The van der Waals surface area contributed by atoms with Crippen LogP contribution in [0.5, 0.6) is 0 Å². The summed E-state index contributed by atoms with van der Waals surface area (Å²) in [5.74, 6) is -0.520. The van der Waals surface area contributed by atoms with E-state index in [2.05, 4.69) is 15.6 Å². The molecule has 6 nitrogen and oxygen atoms in total. The summed E-state index contributed by atoms with van der Waals surface area (Å²) >= 11 is 0. The van der Waals surface area contributed by atoms with Gasteiger partial charge < -0.3 is 15.5 Å². The predicted molar refractivity (Wildman–Crippen MR) is 97.4 cm³/mol. The first-order valence-corrected chi connectivity index (χ1v) is 8.22. The van der Waals surface area contributed by atoms with E-state index in [-0.39, 0.29) is 23.6 Å². The van der Waals surface area contributed by atoms with E-state index < -0.39 is 0 Å². The monoisotopic (exact) mass is 340 g/mol. The number of likely N-dealkylation sites (N-methyl/N-ethyl adjacent to an activating group) is 1. The number of amides is 2. The molecular weight excluding hydrogens is 316 g/mol. The van der Waals surface area contributed by atoms with E-state index in [9.17, 15) is 9.59 Å². The van der Waals surface area contributed by atoms with Crippen LogP contribution in [0.25, 0.3) is 0 Å². The highest BCUT2D eigenvalue weighted by molar-refractivity contribution is 5.98. The third kappa shape index (κ3) is 5.69. The Hall–Kier alpha value is -2.73. The van der Waals surface area contributed by atoms with Crippen molar-refractivity contribution in [3.63, 3.8) is 0 Å². The van der Waals surface area contributed by atoms with Gasteiger partial charge >= 0.3 is 0 Å². The standard InChI is InChI=1S/C19H24N4O2/c1-14(15-7-5-4-6-8-15)22-19(25)17-13-16(9-10-20-17)18(24)21-11-12-23(2)3/h4-10,13-14H,11-12H2,1-3H3,(H,21,24)(H,22,25). The van der Waals surface area contributed by atoms with Gasteiger partial charge in [-0.15, -0.1) is 0 Å². The molecule has 0 bridgehead atoms. The molecule has 2 aromatic rings. The molecule has 2 amide bonds. The minimum Gasteiger partial charge on any atom is -0.351 e. The quantitative estimate of drug-likeness (QED) is 0.807. The van der Waals surface area contributed by atoms with Crippen LogP contribution in [0.3, 0.4) is 0 Å². The molecule has 1 unspecified atom stereocenters. The maximum atomic E-state index is 12.4. The predicted octanol–water partition coefficient (Wildman–Crippen LogP) is 1.86. The zero-order valence-electron chi connectivity index (χ0n) is 14.8. The minimum atomic E-state index is -0.306. The average molecular weight is 340 g/mol. The summed E-state index contributed by atoms with van der Waals surface area (Å²) in [5, 5.41) is 5.72. The summed E-state index contributed by atoms with van der Waals surface area (Å²) < 4.78 is 0. The first-order valence-electron chi connectivity index (χ1n) is 8.22. The van der Waals surface area contributed by atoms with Crippen LogP contribution >= 0.6 is 0 Å². The molecule has 1 heterocycles. The Balaban J connectivity index is 2.00. The normalized spacial score (nSPS) is 11.8. The second-order valence-electron chi connectivity index (χ2n) is 6.09. The fraction of sp³-hybridized carbons (Fsp3) is 0.316. The van der Waals surface area contributed by atoms with Crippen molar-refractivity contribution in [2.75, 3.05) is 27.2 Å². The van der Waals surface area contributed by atoms with Gasteiger partial charge in [0.1, 0.15) is 5.69 Å². The van der Waals surface area contributed by atoms with Gasteiger partial charge in [0.2, 0.25) is 0 Å². The van der Waals surface area contributed by atoms with Crippen LogP contribution in [0, 0.1) is 0 Å². The summed E-state index contributed by atoms with van der Waals surface area (Å²) in [6, 6.07) is 12.6. The van der Waals surface area contributed by atoms with Crippen molar-refractivity contribution in [3.8, 4) is 0 Å². The molecule has 132 valence electrons. The van der Waals surface area contributed by atoms with Crippen LogP contribution in [-0.4, -0.2) is 48.9 Å². The summed E-state index contributed by atoms with van der Waals surface area (Å²) in [4.78, 5) is 30.6. The lowest BCUT2D eigenvalue weighted by atomic mass is 10.1. The third-order valence-corrected chi connectivity index (χ3v) is 3.75. The van der Waals surface area contributed by atoms with Gasteiger partial charge in [0.05, 0.1) is 6.04 Å². The van der Waals surface area contributed by atoms with Gasteiger partial charge in [-0.1, -0.05) is 30.3 Å². The van der Waals surface area contributed by atoms with Crippen molar-refractivity contribution in [1.29, 1.82) is 0 Å².